The number of rotatable bonds is 10. The van der Waals surface area contributed by atoms with E-state index in [9.17, 15) is 14.7 Å². The minimum absolute atomic E-state index is 0.0805. The topological polar surface area (TPSA) is 82.1 Å². The van der Waals surface area contributed by atoms with Crippen molar-refractivity contribution in [1.82, 2.24) is 15.1 Å². The smallest absolute Gasteiger partial charge is 0.248 e. The van der Waals surface area contributed by atoms with Gasteiger partial charge in [-0.2, -0.15) is 0 Å². The van der Waals surface area contributed by atoms with Crippen molar-refractivity contribution in [1.29, 1.82) is 0 Å². The van der Waals surface area contributed by atoms with Crippen molar-refractivity contribution in [2.45, 2.75) is 89.4 Å². The zero-order valence-corrected chi connectivity index (χ0v) is 23.8. The Morgan fingerprint density at radius 3 is 2.27 bits per heavy atom. The fourth-order valence-corrected chi connectivity index (χ4v) is 6.76. The van der Waals surface area contributed by atoms with Crippen molar-refractivity contribution >= 4 is 11.8 Å². The Labute approximate surface area is 238 Å². The highest BCUT2D eigenvalue weighted by Crippen LogP contribution is 2.32. The number of benzene rings is 2. The number of nitrogens with zero attached hydrogens (tertiary/aromatic N) is 2. The van der Waals surface area contributed by atoms with Crippen LogP contribution in [-0.4, -0.2) is 64.5 Å². The van der Waals surface area contributed by atoms with E-state index in [-0.39, 0.29) is 23.7 Å². The van der Waals surface area contributed by atoms with Crippen molar-refractivity contribution in [3.05, 3.63) is 60.2 Å². The fourth-order valence-electron chi connectivity index (χ4n) is 6.76. The van der Waals surface area contributed by atoms with Crippen LogP contribution >= 0.6 is 0 Å². The normalized spacial score (nSPS) is 24.1. The van der Waals surface area contributed by atoms with Crippen LogP contribution < -0.4 is 10.1 Å². The van der Waals surface area contributed by atoms with Gasteiger partial charge in [0.2, 0.25) is 11.8 Å². The largest absolute Gasteiger partial charge is 0.457 e. The molecule has 7 heteroatoms. The lowest BCUT2D eigenvalue weighted by Gasteiger charge is -2.46. The van der Waals surface area contributed by atoms with Crippen LogP contribution in [0.25, 0.3) is 0 Å². The lowest BCUT2D eigenvalue weighted by Crippen LogP contribution is -2.69. The highest BCUT2D eigenvalue weighted by atomic mass is 16.5. The summed E-state index contributed by atoms with van der Waals surface area (Å²) in [6.07, 6.45) is 8.00. The van der Waals surface area contributed by atoms with Gasteiger partial charge in [0.1, 0.15) is 23.6 Å². The molecule has 2 aromatic rings. The van der Waals surface area contributed by atoms with E-state index in [1.165, 1.54) is 12.0 Å². The van der Waals surface area contributed by atoms with Gasteiger partial charge in [-0.3, -0.25) is 14.5 Å². The van der Waals surface area contributed by atoms with Crippen molar-refractivity contribution in [2.75, 3.05) is 19.6 Å². The molecule has 3 aliphatic rings. The zero-order valence-electron chi connectivity index (χ0n) is 23.8. The van der Waals surface area contributed by atoms with E-state index >= 15 is 0 Å². The van der Waals surface area contributed by atoms with Gasteiger partial charge < -0.3 is 20.1 Å². The third kappa shape index (κ3) is 6.87. The second kappa shape index (κ2) is 13.6. The van der Waals surface area contributed by atoms with E-state index < -0.39 is 18.2 Å². The molecule has 3 fully saturated rings. The monoisotopic (exact) mass is 547 g/mol. The van der Waals surface area contributed by atoms with Gasteiger partial charge in [0.25, 0.3) is 0 Å². The molecule has 40 heavy (non-hydrogen) atoms. The number of piperazine rings is 1. The SMILES string of the molecule is CCCCN1C(=O)[C@@H](C(O)C2CCCCC2)NC(=O)C1C1CCN(Cc2ccc(Oc3ccccc3)cc2)CC1. The maximum absolute atomic E-state index is 13.7. The van der Waals surface area contributed by atoms with Gasteiger partial charge in [0.15, 0.2) is 0 Å². The maximum Gasteiger partial charge on any atom is 0.248 e. The van der Waals surface area contributed by atoms with Crippen LogP contribution in [0.3, 0.4) is 0 Å². The molecule has 2 heterocycles. The Balaban J connectivity index is 1.17. The fraction of sp³-hybridized carbons (Fsp3) is 0.576. The van der Waals surface area contributed by atoms with Crippen molar-refractivity contribution < 1.29 is 19.4 Å². The first-order chi connectivity index (χ1) is 19.5. The van der Waals surface area contributed by atoms with E-state index in [2.05, 4.69) is 29.3 Å². The van der Waals surface area contributed by atoms with Crippen LogP contribution in [0.4, 0.5) is 0 Å². The number of ether oxygens (including phenoxy) is 1. The predicted molar refractivity (Wildman–Crippen MR) is 156 cm³/mol. The molecule has 2 unspecified atom stereocenters. The van der Waals surface area contributed by atoms with Gasteiger partial charge in [-0.15, -0.1) is 0 Å². The van der Waals surface area contributed by atoms with Gasteiger partial charge in [0.05, 0.1) is 6.10 Å². The third-order valence-corrected chi connectivity index (χ3v) is 9.07. The summed E-state index contributed by atoms with van der Waals surface area (Å²) in [5, 5.41) is 14.1. The zero-order chi connectivity index (χ0) is 27.9. The molecule has 2 aromatic carbocycles. The minimum atomic E-state index is -0.808. The number of hydrogen-bond donors (Lipinski definition) is 2. The number of carbonyl (C=O) groups is 2. The standard InChI is InChI=1S/C33H45N3O4/c1-2-3-20-36-30(32(38)34-29(33(36)39)31(37)26-10-6-4-7-11-26)25-18-21-35(22-19-25)23-24-14-16-28(17-15-24)40-27-12-8-5-9-13-27/h5,8-9,12-17,25-26,29-31,37H,2-4,6-7,10-11,18-23H2,1H3,(H,34,38)/t29-,30?,31?/m1/s1. The van der Waals surface area contributed by atoms with Crippen molar-refractivity contribution in [3.8, 4) is 11.5 Å². The second-order valence-electron chi connectivity index (χ2n) is 11.9. The molecule has 0 radical (unpaired) electrons. The quantitative estimate of drug-likeness (QED) is 0.431. The molecule has 3 atom stereocenters. The Kier molecular flexibility index (Phi) is 9.76. The number of aliphatic hydroxyl groups excluding tert-OH is 1. The van der Waals surface area contributed by atoms with Crippen molar-refractivity contribution in [2.24, 2.45) is 11.8 Å². The van der Waals surface area contributed by atoms with Gasteiger partial charge in [0, 0.05) is 13.1 Å². The third-order valence-electron chi connectivity index (χ3n) is 9.07. The summed E-state index contributed by atoms with van der Waals surface area (Å²) in [5.74, 6) is 1.70. The number of likely N-dealkylation sites (tertiary alicyclic amines) is 1. The molecule has 2 saturated heterocycles. The van der Waals surface area contributed by atoms with E-state index in [0.29, 0.717) is 6.54 Å². The average molecular weight is 548 g/mol. The summed E-state index contributed by atoms with van der Waals surface area (Å²) in [6, 6.07) is 16.8. The first-order valence-corrected chi connectivity index (χ1v) is 15.4. The Morgan fingerprint density at radius 2 is 1.60 bits per heavy atom. The number of para-hydroxylation sites is 1. The molecule has 216 valence electrons. The van der Waals surface area contributed by atoms with Crippen LogP contribution in [0.5, 0.6) is 11.5 Å². The Hall–Kier alpha value is -2.90. The predicted octanol–water partition coefficient (Wildman–Crippen LogP) is 5.13. The summed E-state index contributed by atoms with van der Waals surface area (Å²) in [7, 11) is 0. The van der Waals surface area contributed by atoms with Gasteiger partial charge in [-0.25, -0.2) is 0 Å². The average Bonchev–Trinajstić information content (AvgIpc) is 2.99. The Bertz CT molecular complexity index is 1090. The number of unbranched alkanes of at least 4 members (excludes halogenated alkanes) is 1. The first kappa shape index (κ1) is 28.6. The van der Waals surface area contributed by atoms with E-state index in [1.54, 1.807) is 0 Å². The first-order valence-electron chi connectivity index (χ1n) is 15.4. The van der Waals surface area contributed by atoms with Crippen molar-refractivity contribution in [3.63, 3.8) is 0 Å². The van der Waals surface area contributed by atoms with Crippen LogP contribution in [0.2, 0.25) is 0 Å². The summed E-state index contributed by atoms with van der Waals surface area (Å²) in [5.41, 5.74) is 1.23. The highest BCUT2D eigenvalue weighted by molar-refractivity contribution is 5.97. The molecule has 2 amide bonds. The highest BCUT2D eigenvalue weighted by Gasteiger charge is 2.48. The molecule has 0 aromatic heterocycles. The molecular formula is C33H45N3O4. The number of aliphatic hydroxyl groups is 1. The van der Waals surface area contributed by atoms with Crippen LogP contribution in [0.15, 0.2) is 54.6 Å². The van der Waals surface area contributed by atoms with E-state index in [0.717, 1.165) is 82.5 Å². The summed E-state index contributed by atoms with van der Waals surface area (Å²) in [4.78, 5) is 31.5. The lowest BCUT2D eigenvalue weighted by molar-refractivity contribution is -0.157. The molecule has 2 aliphatic heterocycles. The molecule has 5 rings (SSSR count). The van der Waals surface area contributed by atoms with Crippen LogP contribution in [0.1, 0.15) is 70.3 Å². The van der Waals surface area contributed by atoms with E-state index in [4.69, 9.17) is 4.74 Å². The van der Waals surface area contributed by atoms with E-state index in [1.807, 2.05) is 47.4 Å². The number of amides is 2. The number of piperidine rings is 1. The molecule has 1 aliphatic carbocycles. The van der Waals surface area contributed by atoms with Crippen LogP contribution in [0, 0.1) is 11.8 Å². The number of carbonyl (C=O) groups excluding carboxylic acids is 2. The molecule has 0 bridgehead atoms. The van der Waals surface area contributed by atoms with Crippen LogP contribution in [-0.2, 0) is 16.1 Å². The molecule has 0 spiro atoms. The lowest BCUT2D eigenvalue weighted by atomic mass is 9.80. The summed E-state index contributed by atoms with van der Waals surface area (Å²) < 4.78 is 5.92. The molecular weight excluding hydrogens is 502 g/mol. The summed E-state index contributed by atoms with van der Waals surface area (Å²) in [6.45, 7) is 5.32. The molecule has 1 saturated carbocycles. The van der Waals surface area contributed by atoms with Gasteiger partial charge in [-0.1, -0.05) is 62.9 Å². The molecule has 2 N–H and O–H groups in total. The number of hydrogen-bond acceptors (Lipinski definition) is 5. The Morgan fingerprint density at radius 1 is 0.925 bits per heavy atom. The van der Waals surface area contributed by atoms with Gasteiger partial charge >= 0.3 is 0 Å². The van der Waals surface area contributed by atoms with Gasteiger partial charge in [-0.05, 0) is 86.9 Å². The minimum Gasteiger partial charge on any atom is -0.457 e. The second-order valence-corrected chi connectivity index (χ2v) is 11.9. The number of nitrogens with one attached hydrogen (secondary N) is 1. The molecule has 7 nitrogen and oxygen atoms in total. The summed E-state index contributed by atoms with van der Waals surface area (Å²) >= 11 is 0. The maximum atomic E-state index is 13.7.